The first-order valence-corrected chi connectivity index (χ1v) is 7.21. The molecule has 1 atom stereocenters. The van der Waals surface area contributed by atoms with Crippen LogP contribution in [-0.4, -0.2) is 22.5 Å². The molecule has 1 unspecified atom stereocenters. The van der Waals surface area contributed by atoms with E-state index in [1.807, 2.05) is 12.1 Å². The molecule has 3 nitrogen and oxygen atoms in total. The predicted molar refractivity (Wildman–Crippen MR) is 78.1 cm³/mol. The van der Waals surface area contributed by atoms with Crippen LogP contribution in [0.1, 0.15) is 32.1 Å². The molecule has 1 heterocycles. The highest BCUT2D eigenvalue weighted by Crippen LogP contribution is 2.56. The van der Waals surface area contributed by atoms with E-state index >= 15 is 0 Å². The highest BCUT2D eigenvalue weighted by molar-refractivity contribution is 6.17. The molecule has 0 amide bonds. The largest absolute Gasteiger partial charge is 0.497 e. The van der Waals surface area contributed by atoms with Gasteiger partial charge >= 0.3 is 0 Å². The zero-order valence-corrected chi connectivity index (χ0v) is 12.4. The Hall–Kier alpha value is -1.22. The summed E-state index contributed by atoms with van der Waals surface area (Å²) in [5, 5.41) is 0. The zero-order valence-electron chi connectivity index (χ0n) is 11.6. The van der Waals surface area contributed by atoms with E-state index in [1.165, 1.54) is 6.42 Å². The summed E-state index contributed by atoms with van der Waals surface area (Å²) in [5.41, 5.74) is 2.55. The minimum absolute atomic E-state index is 0.359. The van der Waals surface area contributed by atoms with Gasteiger partial charge in [0, 0.05) is 24.4 Å². The summed E-state index contributed by atoms with van der Waals surface area (Å²) < 4.78 is 7.69. The quantitative estimate of drug-likeness (QED) is 0.796. The molecule has 3 rings (SSSR count). The number of nitrogens with zero attached hydrogens (tertiary/aromatic N) is 2. The Morgan fingerprint density at radius 1 is 1.47 bits per heavy atom. The number of aryl methyl sites for hydroxylation is 1. The number of fused-ring (bicyclic) bond motifs is 1. The van der Waals surface area contributed by atoms with Crippen LogP contribution in [0.2, 0.25) is 0 Å². The van der Waals surface area contributed by atoms with Crippen LogP contribution < -0.4 is 4.74 Å². The number of rotatable bonds is 4. The summed E-state index contributed by atoms with van der Waals surface area (Å²) in [6, 6.07) is 6.59. The number of aromatic nitrogens is 2. The van der Waals surface area contributed by atoms with Crippen molar-refractivity contribution in [1.29, 1.82) is 0 Å². The van der Waals surface area contributed by atoms with Crippen molar-refractivity contribution in [3.05, 3.63) is 24.0 Å². The predicted octanol–water partition coefficient (Wildman–Crippen LogP) is 3.80. The van der Waals surface area contributed by atoms with Gasteiger partial charge in [0.1, 0.15) is 11.6 Å². The van der Waals surface area contributed by atoms with E-state index in [2.05, 4.69) is 24.5 Å². The van der Waals surface area contributed by atoms with Gasteiger partial charge in [-0.15, -0.1) is 11.6 Å². The lowest BCUT2D eigenvalue weighted by molar-refractivity contribution is 0.415. The van der Waals surface area contributed by atoms with Crippen LogP contribution in [0.15, 0.2) is 18.2 Å². The Kier molecular flexibility index (Phi) is 2.97. The molecule has 1 fully saturated rings. The molecule has 102 valence electrons. The van der Waals surface area contributed by atoms with E-state index in [0.29, 0.717) is 17.3 Å². The van der Waals surface area contributed by atoms with Gasteiger partial charge < -0.3 is 9.30 Å². The number of benzene rings is 1. The van der Waals surface area contributed by atoms with Crippen LogP contribution >= 0.6 is 11.6 Å². The molecule has 1 aromatic heterocycles. The lowest BCUT2D eigenvalue weighted by Crippen LogP contribution is -2.06. The third kappa shape index (κ3) is 2.10. The van der Waals surface area contributed by atoms with Crippen LogP contribution in [0.5, 0.6) is 5.75 Å². The molecule has 4 heteroatoms. The van der Waals surface area contributed by atoms with Crippen molar-refractivity contribution in [3.8, 4) is 5.75 Å². The number of halogens is 1. The molecule has 2 aromatic rings. The fraction of sp³-hybridized carbons (Fsp3) is 0.533. The van der Waals surface area contributed by atoms with Gasteiger partial charge in [-0.3, -0.25) is 0 Å². The maximum atomic E-state index is 5.91. The molecule has 0 N–H and O–H groups in total. The van der Waals surface area contributed by atoms with Gasteiger partial charge in [0.05, 0.1) is 18.1 Å². The van der Waals surface area contributed by atoms with Gasteiger partial charge in [-0.05, 0) is 24.0 Å². The van der Waals surface area contributed by atoms with Crippen LogP contribution in [0.25, 0.3) is 11.0 Å². The van der Waals surface area contributed by atoms with Crippen molar-refractivity contribution in [1.82, 2.24) is 9.55 Å². The molecule has 0 bridgehead atoms. The number of imidazole rings is 1. The average molecular weight is 279 g/mol. The van der Waals surface area contributed by atoms with E-state index in [-0.39, 0.29) is 0 Å². The second-order valence-electron chi connectivity index (χ2n) is 5.90. The molecule has 1 aromatic carbocycles. The van der Waals surface area contributed by atoms with Gasteiger partial charge in [0.15, 0.2) is 0 Å². The minimum atomic E-state index is 0.359. The third-order valence-electron chi connectivity index (χ3n) is 4.06. The molecule has 1 aliphatic carbocycles. The Morgan fingerprint density at radius 3 is 2.79 bits per heavy atom. The Bertz CT molecular complexity index is 618. The van der Waals surface area contributed by atoms with E-state index in [1.54, 1.807) is 7.11 Å². The molecular formula is C15H19ClN2O. The van der Waals surface area contributed by atoms with Crippen molar-refractivity contribution >= 4 is 22.6 Å². The maximum absolute atomic E-state index is 5.91. The fourth-order valence-corrected chi connectivity index (χ4v) is 2.91. The molecule has 1 aliphatic rings. The molecule has 0 spiro atoms. The molecule has 0 saturated heterocycles. The van der Waals surface area contributed by atoms with E-state index in [0.717, 1.165) is 29.0 Å². The van der Waals surface area contributed by atoms with Crippen molar-refractivity contribution in [2.24, 2.45) is 5.41 Å². The van der Waals surface area contributed by atoms with Crippen molar-refractivity contribution in [2.75, 3.05) is 13.0 Å². The van der Waals surface area contributed by atoms with E-state index in [4.69, 9.17) is 21.3 Å². The van der Waals surface area contributed by atoms with Crippen molar-refractivity contribution < 1.29 is 4.74 Å². The highest BCUT2D eigenvalue weighted by Gasteiger charge is 2.48. The third-order valence-corrected chi connectivity index (χ3v) is 4.25. The average Bonchev–Trinajstić information content (AvgIpc) is 2.85. The summed E-state index contributed by atoms with van der Waals surface area (Å²) in [6.07, 6.45) is 2.01. The van der Waals surface area contributed by atoms with Gasteiger partial charge in [0.25, 0.3) is 0 Å². The first kappa shape index (κ1) is 12.8. The van der Waals surface area contributed by atoms with Crippen LogP contribution in [0, 0.1) is 5.41 Å². The standard InChI is InChI=1S/C15H19ClN2O/c1-15(2)9-13(15)18-12-8-10(19-3)4-5-11(12)17-14(18)6-7-16/h4-5,8,13H,6-7,9H2,1-3H3. The Balaban J connectivity index is 2.16. The monoisotopic (exact) mass is 278 g/mol. The molecular weight excluding hydrogens is 260 g/mol. The minimum Gasteiger partial charge on any atom is -0.497 e. The van der Waals surface area contributed by atoms with Crippen LogP contribution in [-0.2, 0) is 6.42 Å². The topological polar surface area (TPSA) is 27.1 Å². The van der Waals surface area contributed by atoms with Crippen LogP contribution in [0.3, 0.4) is 0 Å². The van der Waals surface area contributed by atoms with Gasteiger partial charge in [0.2, 0.25) is 0 Å². The van der Waals surface area contributed by atoms with Crippen molar-refractivity contribution in [3.63, 3.8) is 0 Å². The highest BCUT2D eigenvalue weighted by atomic mass is 35.5. The second kappa shape index (κ2) is 4.41. The van der Waals surface area contributed by atoms with Gasteiger partial charge in [-0.2, -0.15) is 0 Å². The smallest absolute Gasteiger partial charge is 0.121 e. The zero-order chi connectivity index (χ0) is 13.6. The molecule has 0 radical (unpaired) electrons. The normalized spacial score (nSPS) is 20.7. The first-order chi connectivity index (χ1) is 9.06. The number of alkyl halides is 1. The summed E-state index contributed by atoms with van der Waals surface area (Å²) in [5.74, 6) is 2.58. The molecule has 0 aliphatic heterocycles. The summed E-state index contributed by atoms with van der Waals surface area (Å²) in [6.45, 7) is 4.60. The summed E-state index contributed by atoms with van der Waals surface area (Å²) >= 11 is 5.91. The molecule has 19 heavy (non-hydrogen) atoms. The lowest BCUT2D eigenvalue weighted by Gasteiger charge is -2.11. The summed E-state index contributed by atoms with van der Waals surface area (Å²) in [7, 11) is 1.70. The number of methoxy groups -OCH3 is 1. The molecule has 1 saturated carbocycles. The number of ether oxygens (including phenoxy) is 1. The number of hydrogen-bond donors (Lipinski definition) is 0. The van der Waals surface area contributed by atoms with Crippen molar-refractivity contribution in [2.45, 2.75) is 32.7 Å². The second-order valence-corrected chi connectivity index (χ2v) is 6.28. The summed E-state index contributed by atoms with van der Waals surface area (Å²) in [4.78, 5) is 4.73. The van der Waals surface area contributed by atoms with Gasteiger partial charge in [-0.1, -0.05) is 13.8 Å². The van der Waals surface area contributed by atoms with Crippen LogP contribution in [0.4, 0.5) is 0 Å². The SMILES string of the molecule is COc1ccc2nc(CCCl)n(C3CC3(C)C)c2c1. The van der Waals surface area contributed by atoms with Gasteiger partial charge in [-0.25, -0.2) is 4.98 Å². The fourth-order valence-electron chi connectivity index (χ4n) is 2.74. The Morgan fingerprint density at radius 2 is 2.21 bits per heavy atom. The van der Waals surface area contributed by atoms with E-state index in [9.17, 15) is 0 Å². The first-order valence-electron chi connectivity index (χ1n) is 6.67. The lowest BCUT2D eigenvalue weighted by atomic mass is 10.2. The number of hydrogen-bond acceptors (Lipinski definition) is 2. The Labute approximate surface area is 118 Å². The maximum Gasteiger partial charge on any atom is 0.121 e. The van der Waals surface area contributed by atoms with E-state index < -0.39 is 0 Å².